The van der Waals surface area contributed by atoms with E-state index in [1.54, 1.807) is 6.20 Å². The molecule has 1 rings (SSSR count). The fraction of sp³-hybridized carbons (Fsp3) is 0.800. The van der Waals surface area contributed by atoms with Crippen LogP contribution in [0.15, 0.2) is 6.20 Å². The highest BCUT2D eigenvalue weighted by atomic mass is 35.5. The van der Waals surface area contributed by atoms with Crippen LogP contribution in [0.4, 0.5) is 0 Å². The van der Waals surface area contributed by atoms with Gasteiger partial charge in [-0.2, -0.15) is 5.10 Å². The van der Waals surface area contributed by atoms with Crippen molar-refractivity contribution in [2.24, 2.45) is 0 Å². The lowest BCUT2D eigenvalue weighted by Crippen LogP contribution is -2.24. The van der Waals surface area contributed by atoms with Crippen LogP contribution >= 0.6 is 11.6 Å². The SMILES string of the molecule is CCCCCCC(NCC)c1c(Cl)cnn1CCC. The van der Waals surface area contributed by atoms with Crippen molar-refractivity contribution in [2.75, 3.05) is 6.54 Å². The van der Waals surface area contributed by atoms with Crippen LogP contribution in [0.5, 0.6) is 0 Å². The molecule has 1 atom stereocenters. The van der Waals surface area contributed by atoms with E-state index >= 15 is 0 Å². The van der Waals surface area contributed by atoms with Crippen molar-refractivity contribution in [1.82, 2.24) is 15.1 Å². The van der Waals surface area contributed by atoms with E-state index in [1.807, 2.05) is 0 Å². The van der Waals surface area contributed by atoms with E-state index in [9.17, 15) is 0 Å². The number of halogens is 1. The summed E-state index contributed by atoms with van der Waals surface area (Å²) in [7, 11) is 0. The molecule has 0 saturated carbocycles. The summed E-state index contributed by atoms with van der Waals surface area (Å²) in [5, 5.41) is 8.75. The molecular weight excluding hydrogens is 258 g/mol. The zero-order valence-corrected chi connectivity index (χ0v) is 13.3. The minimum Gasteiger partial charge on any atom is -0.309 e. The van der Waals surface area contributed by atoms with Crippen molar-refractivity contribution in [1.29, 1.82) is 0 Å². The molecule has 4 heteroatoms. The van der Waals surface area contributed by atoms with Gasteiger partial charge in [0.25, 0.3) is 0 Å². The fourth-order valence-corrected chi connectivity index (χ4v) is 2.74. The lowest BCUT2D eigenvalue weighted by Gasteiger charge is -2.20. The van der Waals surface area contributed by atoms with Crippen LogP contribution in [-0.2, 0) is 6.54 Å². The second-order valence-electron chi connectivity index (χ2n) is 5.06. The summed E-state index contributed by atoms with van der Waals surface area (Å²) in [6, 6.07) is 0.336. The zero-order chi connectivity index (χ0) is 14.1. The number of unbranched alkanes of at least 4 members (excludes halogenated alkanes) is 3. The second-order valence-corrected chi connectivity index (χ2v) is 5.47. The van der Waals surface area contributed by atoms with Gasteiger partial charge in [-0.1, -0.05) is 58.1 Å². The number of aryl methyl sites for hydroxylation is 1. The Morgan fingerprint density at radius 3 is 2.63 bits per heavy atom. The first-order valence-corrected chi connectivity index (χ1v) is 8.06. The Labute approximate surface area is 122 Å². The molecule has 1 unspecified atom stereocenters. The van der Waals surface area contributed by atoms with Gasteiger partial charge in [0.05, 0.1) is 23.0 Å². The fourth-order valence-electron chi connectivity index (χ4n) is 2.47. The third kappa shape index (κ3) is 5.15. The molecule has 0 spiro atoms. The number of rotatable bonds is 10. The third-order valence-corrected chi connectivity index (χ3v) is 3.69. The highest BCUT2D eigenvalue weighted by molar-refractivity contribution is 6.31. The maximum atomic E-state index is 6.33. The molecule has 110 valence electrons. The molecule has 1 aromatic rings. The van der Waals surface area contributed by atoms with E-state index < -0.39 is 0 Å². The van der Waals surface area contributed by atoms with Gasteiger partial charge < -0.3 is 5.32 Å². The summed E-state index contributed by atoms with van der Waals surface area (Å²) in [5.74, 6) is 0. The van der Waals surface area contributed by atoms with Gasteiger partial charge in [-0.3, -0.25) is 4.68 Å². The van der Waals surface area contributed by atoms with E-state index in [-0.39, 0.29) is 0 Å². The van der Waals surface area contributed by atoms with Crippen LogP contribution in [0.1, 0.15) is 71.0 Å². The van der Waals surface area contributed by atoms with E-state index in [0.29, 0.717) is 6.04 Å². The maximum Gasteiger partial charge on any atom is 0.0834 e. The number of aromatic nitrogens is 2. The summed E-state index contributed by atoms with van der Waals surface area (Å²) in [6.45, 7) is 8.47. The predicted octanol–water partition coefficient (Wildman–Crippen LogP) is 4.57. The van der Waals surface area contributed by atoms with Crippen molar-refractivity contribution in [3.8, 4) is 0 Å². The molecular formula is C15H28ClN3. The first-order chi connectivity index (χ1) is 9.24. The van der Waals surface area contributed by atoms with Gasteiger partial charge in [-0.15, -0.1) is 0 Å². The van der Waals surface area contributed by atoms with Crippen molar-refractivity contribution in [3.05, 3.63) is 16.9 Å². The van der Waals surface area contributed by atoms with Gasteiger partial charge in [-0.05, 0) is 19.4 Å². The van der Waals surface area contributed by atoms with Gasteiger partial charge in [0.1, 0.15) is 0 Å². The van der Waals surface area contributed by atoms with Gasteiger partial charge in [0.15, 0.2) is 0 Å². The van der Waals surface area contributed by atoms with Crippen LogP contribution < -0.4 is 5.32 Å². The maximum absolute atomic E-state index is 6.33. The highest BCUT2D eigenvalue weighted by Gasteiger charge is 2.18. The average molecular weight is 286 g/mol. The van der Waals surface area contributed by atoms with Gasteiger partial charge in [0, 0.05) is 6.54 Å². The van der Waals surface area contributed by atoms with Gasteiger partial charge in [-0.25, -0.2) is 0 Å². The molecule has 0 radical (unpaired) electrons. The Morgan fingerprint density at radius 1 is 1.21 bits per heavy atom. The van der Waals surface area contributed by atoms with Crippen LogP contribution in [0.25, 0.3) is 0 Å². The van der Waals surface area contributed by atoms with E-state index in [0.717, 1.165) is 31.0 Å². The topological polar surface area (TPSA) is 29.9 Å². The standard InChI is InChI=1S/C15H28ClN3/c1-4-7-8-9-10-14(17-6-3)15-13(16)12-18-19(15)11-5-2/h12,14,17H,4-11H2,1-3H3. The molecule has 3 nitrogen and oxygen atoms in total. The van der Waals surface area contributed by atoms with E-state index in [2.05, 4.69) is 35.9 Å². The zero-order valence-electron chi connectivity index (χ0n) is 12.6. The lowest BCUT2D eigenvalue weighted by molar-refractivity contribution is 0.439. The summed E-state index contributed by atoms with van der Waals surface area (Å²) >= 11 is 6.33. The van der Waals surface area contributed by atoms with Gasteiger partial charge in [0.2, 0.25) is 0 Å². The number of nitrogens with zero attached hydrogens (tertiary/aromatic N) is 2. The Balaban J connectivity index is 2.70. The second kappa shape index (κ2) is 9.38. The van der Waals surface area contributed by atoms with Crippen molar-refractivity contribution < 1.29 is 0 Å². The van der Waals surface area contributed by atoms with Crippen LogP contribution in [0, 0.1) is 0 Å². The molecule has 0 aromatic carbocycles. The molecule has 19 heavy (non-hydrogen) atoms. The van der Waals surface area contributed by atoms with E-state index in [1.165, 1.54) is 31.4 Å². The first-order valence-electron chi connectivity index (χ1n) is 7.69. The van der Waals surface area contributed by atoms with Crippen LogP contribution in [-0.4, -0.2) is 16.3 Å². The lowest BCUT2D eigenvalue weighted by atomic mass is 10.0. The molecule has 0 aliphatic carbocycles. The number of nitrogens with one attached hydrogen (secondary N) is 1. The summed E-state index contributed by atoms with van der Waals surface area (Å²) in [4.78, 5) is 0. The van der Waals surface area contributed by atoms with Crippen molar-refractivity contribution in [2.45, 2.75) is 71.9 Å². The molecule has 0 fully saturated rings. The highest BCUT2D eigenvalue weighted by Crippen LogP contribution is 2.27. The predicted molar refractivity (Wildman–Crippen MR) is 82.7 cm³/mol. The van der Waals surface area contributed by atoms with Crippen LogP contribution in [0.2, 0.25) is 5.02 Å². The monoisotopic (exact) mass is 285 g/mol. The molecule has 0 aliphatic rings. The minimum absolute atomic E-state index is 0.336. The Bertz CT molecular complexity index is 349. The Kier molecular flexibility index (Phi) is 8.15. The molecule has 1 aromatic heterocycles. The summed E-state index contributed by atoms with van der Waals surface area (Å²) in [5.41, 5.74) is 1.17. The average Bonchev–Trinajstić information content (AvgIpc) is 2.75. The van der Waals surface area contributed by atoms with Crippen LogP contribution in [0.3, 0.4) is 0 Å². The Morgan fingerprint density at radius 2 is 2.00 bits per heavy atom. The first kappa shape index (κ1) is 16.5. The third-order valence-electron chi connectivity index (χ3n) is 3.40. The molecule has 0 saturated heterocycles. The normalized spacial score (nSPS) is 12.8. The molecule has 0 aliphatic heterocycles. The molecule has 0 amide bonds. The quantitative estimate of drug-likeness (QED) is 0.638. The van der Waals surface area contributed by atoms with E-state index in [4.69, 9.17) is 11.6 Å². The summed E-state index contributed by atoms with van der Waals surface area (Å²) < 4.78 is 2.06. The number of hydrogen-bond acceptors (Lipinski definition) is 2. The number of hydrogen-bond donors (Lipinski definition) is 1. The molecule has 0 bridgehead atoms. The van der Waals surface area contributed by atoms with Crippen molar-refractivity contribution >= 4 is 11.6 Å². The largest absolute Gasteiger partial charge is 0.309 e. The minimum atomic E-state index is 0.336. The Hall–Kier alpha value is -0.540. The molecule has 1 heterocycles. The summed E-state index contributed by atoms with van der Waals surface area (Å²) in [6.07, 6.45) is 9.16. The molecule has 1 N–H and O–H groups in total. The van der Waals surface area contributed by atoms with Gasteiger partial charge >= 0.3 is 0 Å². The van der Waals surface area contributed by atoms with Crippen molar-refractivity contribution in [3.63, 3.8) is 0 Å². The smallest absolute Gasteiger partial charge is 0.0834 e.